The molecule has 1 heterocycles. The van der Waals surface area contributed by atoms with Crippen molar-refractivity contribution in [3.05, 3.63) is 111 Å². The predicted molar refractivity (Wildman–Crippen MR) is 152 cm³/mol. The van der Waals surface area contributed by atoms with Crippen molar-refractivity contribution in [3.63, 3.8) is 0 Å². The topological polar surface area (TPSA) is 149 Å². The number of allylic oxidation sites excluding steroid dienone is 1. The fourth-order valence-electron chi connectivity index (χ4n) is 4.54. The molecule has 10 nitrogen and oxygen atoms in total. The van der Waals surface area contributed by atoms with Gasteiger partial charge in [0.25, 0.3) is 15.7 Å². The number of rotatable bonds is 10. The Morgan fingerprint density at radius 1 is 1.02 bits per heavy atom. The zero-order valence-corrected chi connectivity index (χ0v) is 23.7. The fourth-order valence-corrected chi connectivity index (χ4v) is 7.26. The van der Waals surface area contributed by atoms with Crippen LogP contribution < -0.4 is 4.72 Å². The van der Waals surface area contributed by atoms with E-state index in [0.29, 0.717) is 22.0 Å². The normalized spacial score (nSPS) is 12.8. The Bertz CT molecular complexity index is 1820. The summed E-state index contributed by atoms with van der Waals surface area (Å²) in [4.78, 5) is 10.4. The van der Waals surface area contributed by atoms with E-state index < -0.39 is 41.6 Å². The second kappa shape index (κ2) is 11.3. The Balaban J connectivity index is 1.93. The minimum absolute atomic E-state index is 0.0777. The summed E-state index contributed by atoms with van der Waals surface area (Å²) in [5.74, 6) is 0. The quantitative estimate of drug-likeness (QED) is 0.157. The van der Waals surface area contributed by atoms with Crippen LogP contribution in [-0.2, 0) is 26.5 Å². The molecule has 0 bridgehead atoms. The summed E-state index contributed by atoms with van der Waals surface area (Å²) in [5.41, 5.74) is 2.32. The summed E-state index contributed by atoms with van der Waals surface area (Å²) < 4.78 is 58.0. The number of hydrogen-bond acceptors (Lipinski definition) is 7. The van der Waals surface area contributed by atoms with Crippen molar-refractivity contribution < 1.29 is 26.9 Å². The first-order valence-electron chi connectivity index (χ1n) is 12.3. The maximum atomic E-state index is 13.7. The number of aliphatic hydroxyl groups excluding tert-OH is 1. The highest BCUT2D eigenvalue weighted by atomic mass is 32.2. The number of benzene rings is 3. The summed E-state index contributed by atoms with van der Waals surface area (Å²) in [7, 11) is -8.43. The van der Waals surface area contributed by atoms with E-state index in [2.05, 4.69) is 4.72 Å². The number of nitrogens with zero attached hydrogens (tertiary/aromatic N) is 2. The zero-order valence-electron chi connectivity index (χ0n) is 22.1. The number of nitro groups is 1. The van der Waals surface area contributed by atoms with Gasteiger partial charge in [0.2, 0.25) is 10.0 Å². The Morgan fingerprint density at radius 3 is 2.33 bits per heavy atom. The largest absolute Gasteiger partial charge is 0.396 e. The number of nitrogens with one attached hydrogen (secondary N) is 1. The van der Waals surface area contributed by atoms with Gasteiger partial charge >= 0.3 is 0 Å². The summed E-state index contributed by atoms with van der Waals surface area (Å²) >= 11 is 0. The summed E-state index contributed by atoms with van der Waals surface area (Å²) in [6.07, 6.45) is 3.20. The molecule has 0 saturated heterocycles. The van der Waals surface area contributed by atoms with Crippen LogP contribution >= 0.6 is 0 Å². The molecular formula is C28H29N3O7S2. The number of para-hydroxylation sites is 1. The van der Waals surface area contributed by atoms with Gasteiger partial charge in [0.05, 0.1) is 21.4 Å². The lowest BCUT2D eigenvalue weighted by molar-refractivity contribution is -0.387. The van der Waals surface area contributed by atoms with Crippen LogP contribution in [0, 0.1) is 17.0 Å². The molecule has 2 N–H and O–H groups in total. The number of aliphatic hydroxyl groups is 1. The van der Waals surface area contributed by atoms with Crippen LogP contribution in [0.3, 0.4) is 0 Å². The molecule has 0 radical (unpaired) electrons. The summed E-state index contributed by atoms with van der Waals surface area (Å²) in [6.45, 7) is 5.12. The molecular weight excluding hydrogens is 554 g/mol. The molecule has 1 aromatic heterocycles. The van der Waals surface area contributed by atoms with Gasteiger partial charge in [-0.2, -0.15) is 4.72 Å². The molecule has 0 spiro atoms. The van der Waals surface area contributed by atoms with Crippen LogP contribution in [0.2, 0.25) is 0 Å². The molecule has 0 aliphatic carbocycles. The van der Waals surface area contributed by atoms with E-state index in [4.69, 9.17) is 0 Å². The molecule has 0 amide bonds. The molecule has 0 unspecified atom stereocenters. The standard InChI is InChI=1S/C28H29N3O7S2/c1-19(2)17-24(29-39(35,36)27-10-5-4-8-25(27)31(33)34)23-7-6-9-26-28(23)21(15-16-32)18-30(26)40(37,38)22-13-11-20(3)12-14-22/h4-14,17-18,24,29,32H,15-16H2,1-3H3/t24-/m1/s1. The van der Waals surface area contributed by atoms with Crippen molar-refractivity contribution in [2.75, 3.05) is 6.61 Å². The molecule has 0 saturated carbocycles. The van der Waals surface area contributed by atoms with Crippen molar-refractivity contribution in [2.45, 2.75) is 43.0 Å². The van der Waals surface area contributed by atoms with Gasteiger partial charge < -0.3 is 5.11 Å². The molecule has 3 aromatic carbocycles. The molecule has 0 fully saturated rings. The van der Waals surface area contributed by atoms with Gasteiger partial charge in [0.15, 0.2) is 4.90 Å². The maximum Gasteiger partial charge on any atom is 0.289 e. The van der Waals surface area contributed by atoms with Crippen LogP contribution in [-0.4, -0.2) is 37.4 Å². The molecule has 4 rings (SSSR count). The van der Waals surface area contributed by atoms with Gasteiger partial charge in [-0.25, -0.2) is 20.8 Å². The van der Waals surface area contributed by atoms with Gasteiger partial charge in [-0.3, -0.25) is 10.1 Å². The van der Waals surface area contributed by atoms with Crippen molar-refractivity contribution in [3.8, 4) is 0 Å². The van der Waals surface area contributed by atoms with Crippen LogP contribution in [0.1, 0.15) is 36.6 Å². The van der Waals surface area contributed by atoms with Gasteiger partial charge in [-0.1, -0.05) is 53.6 Å². The molecule has 0 aliphatic heterocycles. The van der Waals surface area contributed by atoms with Crippen LogP contribution in [0.5, 0.6) is 0 Å². The lowest BCUT2D eigenvalue weighted by atomic mass is 9.98. The second-order valence-corrected chi connectivity index (χ2v) is 13.0. The zero-order chi connectivity index (χ0) is 29.2. The molecule has 210 valence electrons. The molecule has 4 aromatic rings. The van der Waals surface area contributed by atoms with Crippen molar-refractivity contribution >= 4 is 36.6 Å². The van der Waals surface area contributed by atoms with Crippen molar-refractivity contribution in [1.29, 1.82) is 0 Å². The first-order chi connectivity index (χ1) is 18.9. The fraction of sp³-hybridized carbons (Fsp3) is 0.214. The summed E-state index contributed by atoms with van der Waals surface area (Å²) in [5, 5.41) is 21.8. The van der Waals surface area contributed by atoms with E-state index in [1.54, 1.807) is 50.3 Å². The molecule has 0 aliphatic rings. The molecule has 40 heavy (non-hydrogen) atoms. The van der Waals surface area contributed by atoms with E-state index >= 15 is 0 Å². The third-order valence-corrected chi connectivity index (χ3v) is 9.51. The van der Waals surface area contributed by atoms with E-state index in [1.165, 1.54) is 30.5 Å². The smallest absolute Gasteiger partial charge is 0.289 e. The van der Waals surface area contributed by atoms with Gasteiger partial charge in [-0.15, -0.1) is 0 Å². The van der Waals surface area contributed by atoms with Gasteiger partial charge in [0, 0.05) is 24.3 Å². The minimum atomic E-state index is -4.40. The van der Waals surface area contributed by atoms with Gasteiger partial charge in [-0.05, 0) is 62.6 Å². The maximum absolute atomic E-state index is 13.7. The highest BCUT2D eigenvalue weighted by Gasteiger charge is 2.30. The highest BCUT2D eigenvalue weighted by molar-refractivity contribution is 7.90. The SMILES string of the molecule is CC(C)=C[C@@H](NS(=O)(=O)c1ccccc1[N+](=O)[O-])c1cccc2c1c(CCO)cn2S(=O)(=O)c1ccc(C)cc1. The second-order valence-electron chi connectivity index (χ2n) is 9.55. The number of aryl methyl sites for hydroxylation is 1. The van der Waals surface area contributed by atoms with E-state index in [9.17, 15) is 32.1 Å². The Kier molecular flexibility index (Phi) is 8.26. The van der Waals surface area contributed by atoms with E-state index in [0.717, 1.165) is 27.2 Å². The molecule has 12 heteroatoms. The Morgan fingerprint density at radius 2 is 1.70 bits per heavy atom. The van der Waals surface area contributed by atoms with E-state index in [-0.39, 0.29) is 17.9 Å². The third kappa shape index (κ3) is 5.70. The Hall–Kier alpha value is -3.84. The van der Waals surface area contributed by atoms with E-state index in [1.807, 2.05) is 6.92 Å². The van der Waals surface area contributed by atoms with Crippen LogP contribution in [0.15, 0.2) is 94.4 Å². The number of nitro benzene ring substituents is 1. The number of fused-ring (bicyclic) bond motifs is 1. The number of aromatic nitrogens is 1. The van der Waals surface area contributed by atoms with Crippen LogP contribution in [0.4, 0.5) is 5.69 Å². The Labute approximate surface area is 232 Å². The number of sulfonamides is 1. The van der Waals surface area contributed by atoms with Gasteiger partial charge in [0.1, 0.15) is 0 Å². The predicted octanol–water partition coefficient (Wildman–Crippen LogP) is 4.62. The van der Waals surface area contributed by atoms with Crippen LogP contribution in [0.25, 0.3) is 10.9 Å². The number of hydrogen-bond donors (Lipinski definition) is 2. The monoisotopic (exact) mass is 583 g/mol. The minimum Gasteiger partial charge on any atom is -0.396 e. The average molecular weight is 584 g/mol. The lowest BCUT2D eigenvalue weighted by Crippen LogP contribution is -2.28. The molecule has 1 atom stereocenters. The average Bonchev–Trinajstić information content (AvgIpc) is 3.28. The summed E-state index contributed by atoms with van der Waals surface area (Å²) in [6, 6.07) is 15.3. The first kappa shape index (κ1) is 29.2. The lowest BCUT2D eigenvalue weighted by Gasteiger charge is -2.19. The third-order valence-electron chi connectivity index (χ3n) is 6.33. The van der Waals surface area contributed by atoms with Crippen molar-refractivity contribution in [1.82, 2.24) is 8.69 Å². The van der Waals surface area contributed by atoms with Crippen molar-refractivity contribution in [2.24, 2.45) is 0 Å². The highest BCUT2D eigenvalue weighted by Crippen LogP contribution is 2.34. The first-order valence-corrected chi connectivity index (χ1v) is 15.3.